The van der Waals surface area contributed by atoms with Gasteiger partial charge in [0.15, 0.2) is 0 Å². The Morgan fingerprint density at radius 2 is 2.05 bits per heavy atom. The maximum atomic E-state index is 11.8. The standard InChI is InChI=1S/C16H20N2O3/c19-15(20)14-9-5-4-6-12(14)10-11-17-16(21)18-13-7-2-1-3-8-13/h1-2,4-6,9,13H,3,7-8,10-11H2,(H,19,20)(H2,17,18,21). The summed E-state index contributed by atoms with van der Waals surface area (Å²) in [5, 5.41) is 14.8. The van der Waals surface area contributed by atoms with Crippen molar-refractivity contribution < 1.29 is 14.7 Å². The summed E-state index contributed by atoms with van der Waals surface area (Å²) in [6, 6.07) is 6.85. The van der Waals surface area contributed by atoms with Gasteiger partial charge in [-0.3, -0.25) is 0 Å². The fourth-order valence-electron chi connectivity index (χ4n) is 2.42. The summed E-state index contributed by atoms with van der Waals surface area (Å²) in [5.41, 5.74) is 1.02. The molecule has 5 nitrogen and oxygen atoms in total. The molecule has 0 bridgehead atoms. The molecule has 1 aliphatic carbocycles. The van der Waals surface area contributed by atoms with Gasteiger partial charge in [-0.25, -0.2) is 9.59 Å². The van der Waals surface area contributed by atoms with Crippen LogP contribution in [0.3, 0.4) is 0 Å². The first-order valence-corrected chi connectivity index (χ1v) is 7.17. The molecular formula is C16H20N2O3. The van der Waals surface area contributed by atoms with Crippen LogP contribution in [0.1, 0.15) is 35.2 Å². The van der Waals surface area contributed by atoms with Crippen LogP contribution in [0.4, 0.5) is 4.79 Å². The molecule has 5 heteroatoms. The molecule has 1 aromatic rings. The summed E-state index contributed by atoms with van der Waals surface area (Å²) in [4.78, 5) is 22.8. The van der Waals surface area contributed by atoms with E-state index in [4.69, 9.17) is 5.11 Å². The Bertz CT molecular complexity index is 540. The molecule has 112 valence electrons. The average Bonchev–Trinajstić information content (AvgIpc) is 2.48. The number of hydrogen-bond acceptors (Lipinski definition) is 2. The van der Waals surface area contributed by atoms with Crippen LogP contribution in [0.5, 0.6) is 0 Å². The predicted molar refractivity (Wildman–Crippen MR) is 80.4 cm³/mol. The van der Waals surface area contributed by atoms with Crippen molar-refractivity contribution in [2.75, 3.05) is 6.54 Å². The third-order valence-electron chi connectivity index (χ3n) is 3.53. The van der Waals surface area contributed by atoms with Gasteiger partial charge in [0, 0.05) is 12.6 Å². The number of benzene rings is 1. The Balaban J connectivity index is 1.77. The van der Waals surface area contributed by atoms with Gasteiger partial charge in [-0.15, -0.1) is 0 Å². The second kappa shape index (κ2) is 7.47. The fourth-order valence-corrected chi connectivity index (χ4v) is 2.42. The number of rotatable bonds is 5. The minimum Gasteiger partial charge on any atom is -0.478 e. The van der Waals surface area contributed by atoms with E-state index in [2.05, 4.69) is 22.8 Å². The number of urea groups is 1. The van der Waals surface area contributed by atoms with Gasteiger partial charge in [0.1, 0.15) is 0 Å². The van der Waals surface area contributed by atoms with Crippen LogP contribution in [0, 0.1) is 0 Å². The maximum Gasteiger partial charge on any atom is 0.335 e. The Kier molecular flexibility index (Phi) is 5.37. The molecular weight excluding hydrogens is 268 g/mol. The number of aromatic carboxylic acids is 1. The van der Waals surface area contributed by atoms with Crippen LogP contribution in [-0.2, 0) is 6.42 Å². The van der Waals surface area contributed by atoms with E-state index in [1.807, 2.05) is 0 Å². The largest absolute Gasteiger partial charge is 0.478 e. The number of carboxylic acid groups (broad SMARTS) is 1. The zero-order chi connectivity index (χ0) is 15.1. The Labute approximate surface area is 124 Å². The lowest BCUT2D eigenvalue weighted by atomic mass is 10.0. The van der Waals surface area contributed by atoms with E-state index in [1.54, 1.807) is 24.3 Å². The van der Waals surface area contributed by atoms with Crippen molar-refractivity contribution in [1.82, 2.24) is 10.6 Å². The molecule has 0 fully saturated rings. The molecule has 2 amide bonds. The molecule has 0 heterocycles. The van der Waals surface area contributed by atoms with Crippen LogP contribution >= 0.6 is 0 Å². The second-order valence-corrected chi connectivity index (χ2v) is 5.09. The van der Waals surface area contributed by atoms with Crippen LogP contribution in [0.2, 0.25) is 0 Å². The van der Waals surface area contributed by atoms with Crippen LogP contribution in [-0.4, -0.2) is 29.7 Å². The van der Waals surface area contributed by atoms with Crippen molar-refractivity contribution >= 4 is 12.0 Å². The second-order valence-electron chi connectivity index (χ2n) is 5.09. The highest BCUT2D eigenvalue weighted by atomic mass is 16.4. The van der Waals surface area contributed by atoms with E-state index < -0.39 is 5.97 Å². The summed E-state index contributed by atoms with van der Waals surface area (Å²) in [6.07, 6.45) is 7.54. The van der Waals surface area contributed by atoms with Crippen LogP contribution in [0.25, 0.3) is 0 Å². The molecule has 0 saturated carbocycles. The van der Waals surface area contributed by atoms with Gasteiger partial charge in [-0.1, -0.05) is 30.4 Å². The van der Waals surface area contributed by atoms with Crippen molar-refractivity contribution in [3.63, 3.8) is 0 Å². The Morgan fingerprint density at radius 3 is 2.76 bits per heavy atom. The number of carbonyl (C=O) groups excluding carboxylic acids is 1. The topological polar surface area (TPSA) is 78.4 Å². The molecule has 3 N–H and O–H groups in total. The van der Waals surface area contributed by atoms with Gasteiger partial charge in [0.05, 0.1) is 5.56 Å². The quantitative estimate of drug-likeness (QED) is 0.728. The van der Waals surface area contributed by atoms with Gasteiger partial charge < -0.3 is 15.7 Å². The van der Waals surface area contributed by atoms with E-state index in [0.29, 0.717) is 13.0 Å². The maximum absolute atomic E-state index is 11.8. The van der Waals surface area contributed by atoms with Gasteiger partial charge in [0.2, 0.25) is 0 Å². The third kappa shape index (κ3) is 4.63. The lowest BCUT2D eigenvalue weighted by Crippen LogP contribution is -2.43. The zero-order valence-electron chi connectivity index (χ0n) is 11.8. The smallest absolute Gasteiger partial charge is 0.335 e. The van der Waals surface area contributed by atoms with E-state index >= 15 is 0 Å². The number of carbonyl (C=O) groups is 2. The van der Waals surface area contributed by atoms with Crippen molar-refractivity contribution in [3.05, 3.63) is 47.5 Å². The predicted octanol–water partition coefficient (Wildman–Crippen LogP) is 2.34. The van der Waals surface area contributed by atoms with E-state index in [-0.39, 0.29) is 17.6 Å². The monoisotopic (exact) mass is 288 g/mol. The highest BCUT2D eigenvalue weighted by Crippen LogP contribution is 2.10. The average molecular weight is 288 g/mol. The molecule has 0 saturated heterocycles. The molecule has 2 rings (SSSR count). The summed E-state index contributed by atoms with van der Waals surface area (Å²) in [5.74, 6) is -0.941. The van der Waals surface area contributed by atoms with E-state index in [9.17, 15) is 9.59 Å². The molecule has 0 aromatic heterocycles. The molecule has 1 atom stereocenters. The zero-order valence-corrected chi connectivity index (χ0v) is 11.8. The van der Waals surface area contributed by atoms with Gasteiger partial charge in [0.25, 0.3) is 0 Å². The molecule has 1 aliphatic rings. The summed E-state index contributed by atoms with van der Waals surface area (Å²) >= 11 is 0. The van der Waals surface area contributed by atoms with Gasteiger partial charge in [-0.2, -0.15) is 0 Å². The van der Waals surface area contributed by atoms with Crippen molar-refractivity contribution in [2.45, 2.75) is 31.7 Å². The number of nitrogens with one attached hydrogen (secondary N) is 2. The number of amides is 2. The number of hydrogen-bond donors (Lipinski definition) is 3. The Hall–Kier alpha value is -2.30. The van der Waals surface area contributed by atoms with Crippen molar-refractivity contribution in [3.8, 4) is 0 Å². The lowest BCUT2D eigenvalue weighted by molar-refractivity contribution is 0.0695. The first kappa shape index (κ1) is 15.1. The third-order valence-corrected chi connectivity index (χ3v) is 3.53. The number of allylic oxidation sites excluding steroid dienone is 1. The van der Waals surface area contributed by atoms with Crippen molar-refractivity contribution in [1.29, 1.82) is 0 Å². The fraction of sp³-hybridized carbons (Fsp3) is 0.375. The molecule has 0 radical (unpaired) electrons. The van der Waals surface area contributed by atoms with Gasteiger partial charge >= 0.3 is 12.0 Å². The summed E-state index contributed by atoms with van der Waals surface area (Å²) in [6.45, 7) is 0.415. The van der Waals surface area contributed by atoms with Crippen LogP contribution in [0.15, 0.2) is 36.4 Å². The van der Waals surface area contributed by atoms with Crippen LogP contribution < -0.4 is 10.6 Å². The molecule has 1 unspecified atom stereocenters. The highest BCUT2D eigenvalue weighted by molar-refractivity contribution is 5.89. The molecule has 0 aliphatic heterocycles. The summed E-state index contributed by atoms with van der Waals surface area (Å²) in [7, 11) is 0. The molecule has 21 heavy (non-hydrogen) atoms. The van der Waals surface area contributed by atoms with Gasteiger partial charge in [-0.05, 0) is 37.3 Å². The first-order valence-electron chi connectivity index (χ1n) is 7.17. The number of carboxylic acids is 1. The first-order chi connectivity index (χ1) is 10.2. The van der Waals surface area contributed by atoms with E-state index in [1.165, 1.54) is 0 Å². The normalized spacial score (nSPS) is 17.2. The lowest BCUT2D eigenvalue weighted by Gasteiger charge is -2.19. The summed E-state index contributed by atoms with van der Waals surface area (Å²) < 4.78 is 0. The minimum atomic E-state index is -0.941. The Morgan fingerprint density at radius 1 is 1.24 bits per heavy atom. The van der Waals surface area contributed by atoms with Crippen molar-refractivity contribution in [2.24, 2.45) is 0 Å². The molecule has 0 spiro atoms. The van der Waals surface area contributed by atoms with E-state index in [0.717, 1.165) is 24.8 Å². The molecule has 1 aromatic carbocycles. The highest BCUT2D eigenvalue weighted by Gasteiger charge is 2.13. The SMILES string of the molecule is O=C(NCCc1ccccc1C(=O)O)NC1CC=CCC1. The minimum absolute atomic E-state index is 0.192.